The van der Waals surface area contributed by atoms with Gasteiger partial charge in [0.05, 0.1) is 21.8 Å². The minimum absolute atomic E-state index is 0.0697. The second-order valence-electron chi connectivity index (χ2n) is 5.44. The van der Waals surface area contributed by atoms with E-state index in [1.54, 1.807) is 49.5 Å². The zero-order valence-corrected chi connectivity index (χ0v) is 16.1. The Hall–Kier alpha value is -2.51. The third-order valence-corrected chi connectivity index (χ3v) is 5.08. The lowest BCUT2D eigenvalue weighted by molar-refractivity contribution is 0.0996. The van der Waals surface area contributed by atoms with Crippen molar-refractivity contribution in [2.75, 3.05) is 17.3 Å². The molecule has 132 valence electrons. The molecular formula is C19H14BrFN2O2S. The van der Waals surface area contributed by atoms with Gasteiger partial charge in [-0.05, 0) is 41.8 Å². The highest BCUT2D eigenvalue weighted by molar-refractivity contribution is 9.10. The Bertz CT molecular complexity index is 960. The zero-order valence-electron chi connectivity index (χ0n) is 13.7. The van der Waals surface area contributed by atoms with Crippen molar-refractivity contribution in [3.8, 4) is 0 Å². The number of halogens is 2. The minimum atomic E-state index is -0.548. The molecule has 0 saturated carbocycles. The van der Waals surface area contributed by atoms with E-state index in [2.05, 4.69) is 21.2 Å². The van der Waals surface area contributed by atoms with Crippen molar-refractivity contribution in [3.05, 3.63) is 80.7 Å². The summed E-state index contributed by atoms with van der Waals surface area (Å²) in [5.41, 5.74) is 0.795. The fourth-order valence-corrected chi connectivity index (χ4v) is 3.45. The van der Waals surface area contributed by atoms with Gasteiger partial charge >= 0.3 is 0 Å². The van der Waals surface area contributed by atoms with Gasteiger partial charge in [0.2, 0.25) is 0 Å². The largest absolute Gasteiger partial charge is 0.319 e. The van der Waals surface area contributed by atoms with Crippen LogP contribution < -0.4 is 10.2 Å². The maximum atomic E-state index is 14.0. The standard InChI is InChI=1S/C19H14BrFN2O2S/c1-23(19(25)17-7-4-10-26-17)16-6-3-2-5-13(16)18(24)22-15-9-8-12(20)11-14(15)21/h2-11H,1H3,(H,22,24). The van der Waals surface area contributed by atoms with E-state index in [-0.39, 0.29) is 17.2 Å². The van der Waals surface area contributed by atoms with Crippen LogP contribution in [0.4, 0.5) is 15.8 Å². The third-order valence-electron chi connectivity index (χ3n) is 3.73. The molecule has 7 heteroatoms. The lowest BCUT2D eigenvalue weighted by Gasteiger charge is -2.20. The number of benzene rings is 2. The van der Waals surface area contributed by atoms with Gasteiger partial charge in [-0.3, -0.25) is 9.59 Å². The topological polar surface area (TPSA) is 49.4 Å². The van der Waals surface area contributed by atoms with Crippen molar-refractivity contribution in [2.24, 2.45) is 0 Å². The summed E-state index contributed by atoms with van der Waals surface area (Å²) >= 11 is 4.51. The summed E-state index contributed by atoms with van der Waals surface area (Å²) in [5, 5.41) is 4.37. The van der Waals surface area contributed by atoms with E-state index in [1.807, 2.05) is 5.38 Å². The Kier molecular flexibility index (Phi) is 5.49. The molecule has 0 aliphatic rings. The van der Waals surface area contributed by atoms with Crippen LogP contribution in [-0.2, 0) is 0 Å². The van der Waals surface area contributed by atoms with Crippen LogP contribution in [0.25, 0.3) is 0 Å². The number of carbonyl (C=O) groups is 2. The lowest BCUT2D eigenvalue weighted by atomic mass is 10.1. The molecule has 0 aliphatic heterocycles. The van der Waals surface area contributed by atoms with Crippen LogP contribution in [0, 0.1) is 5.82 Å². The van der Waals surface area contributed by atoms with Gasteiger partial charge in [-0.2, -0.15) is 0 Å². The smallest absolute Gasteiger partial charge is 0.268 e. The van der Waals surface area contributed by atoms with E-state index in [4.69, 9.17) is 0 Å². The first kappa shape index (κ1) is 18.3. The van der Waals surface area contributed by atoms with Crippen LogP contribution in [0.15, 0.2) is 64.5 Å². The van der Waals surface area contributed by atoms with Crippen molar-refractivity contribution in [2.45, 2.75) is 0 Å². The summed E-state index contributed by atoms with van der Waals surface area (Å²) in [6, 6.07) is 14.6. The van der Waals surface area contributed by atoms with Crippen LogP contribution in [-0.4, -0.2) is 18.9 Å². The van der Waals surface area contributed by atoms with Gasteiger partial charge in [-0.25, -0.2) is 4.39 Å². The molecule has 0 saturated heterocycles. The van der Waals surface area contributed by atoms with Crippen molar-refractivity contribution in [1.29, 1.82) is 0 Å². The van der Waals surface area contributed by atoms with E-state index >= 15 is 0 Å². The van der Waals surface area contributed by atoms with E-state index < -0.39 is 11.7 Å². The Balaban J connectivity index is 1.89. The minimum Gasteiger partial charge on any atom is -0.319 e. The second kappa shape index (κ2) is 7.80. The first-order chi connectivity index (χ1) is 12.5. The number of thiophene rings is 1. The van der Waals surface area contributed by atoms with Crippen molar-refractivity contribution in [1.82, 2.24) is 0 Å². The predicted octanol–water partition coefficient (Wildman–Crippen LogP) is 5.18. The molecule has 0 radical (unpaired) electrons. The average Bonchev–Trinajstić information content (AvgIpc) is 3.17. The van der Waals surface area contributed by atoms with Crippen LogP contribution in [0.2, 0.25) is 0 Å². The molecule has 4 nitrogen and oxygen atoms in total. The average molecular weight is 433 g/mol. The van der Waals surface area contributed by atoms with E-state index in [0.29, 0.717) is 15.0 Å². The molecule has 1 heterocycles. The fraction of sp³-hybridized carbons (Fsp3) is 0.0526. The second-order valence-corrected chi connectivity index (χ2v) is 7.30. The van der Waals surface area contributed by atoms with Crippen LogP contribution in [0.5, 0.6) is 0 Å². The molecule has 0 atom stereocenters. The Labute approximate surface area is 162 Å². The van der Waals surface area contributed by atoms with Gasteiger partial charge in [-0.1, -0.05) is 34.1 Å². The summed E-state index contributed by atoms with van der Waals surface area (Å²) < 4.78 is 14.6. The summed E-state index contributed by atoms with van der Waals surface area (Å²) in [4.78, 5) is 27.2. The molecule has 3 rings (SSSR count). The molecule has 3 aromatic rings. The first-order valence-corrected chi connectivity index (χ1v) is 9.31. The molecule has 1 N–H and O–H groups in total. The molecule has 0 bridgehead atoms. The number of carbonyl (C=O) groups excluding carboxylic acids is 2. The normalized spacial score (nSPS) is 10.4. The molecule has 0 unspecified atom stereocenters. The Morgan fingerprint density at radius 2 is 1.88 bits per heavy atom. The van der Waals surface area contributed by atoms with Crippen molar-refractivity contribution in [3.63, 3.8) is 0 Å². The SMILES string of the molecule is CN(C(=O)c1cccs1)c1ccccc1C(=O)Nc1ccc(Br)cc1F. The molecule has 2 aromatic carbocycles. The molecule has 0 fully saturated rings. The van der Waals surface area contributed by atoms with E-state index in [9.17, 15) is 14.0 Å². The Morgan fingerprint density at radius 3 is 2.58 bits per heavy atom. The van der Waals surface area contributed by atoms with E-state index in [1.165, 1.54) is 28.4 Å². The highest BCUT2D eigenvalue weighted by Gasteiger charge is 2.20. The quantitative estimate of drug-likeness (QED) is 0.617. The van der Waals surface area contributed by atoms with Crippen molar-refractivity contribution >= 4 is 50.5 Å². The number of hydrogen-bond acceptors (Lipinski definition) is 3. The highest BCUT2D eigenvalue weighted by Crippen LogP contribution is 2.25. The van der Waals surface area contributed by atoms with E-state index in [0.717, 1.165) is 0 Å². The molecule has 2 amide bonds. The molecule has 0 aliphatic carbocycles. The number of amides is 2. The third kappa shape index (κ3) is 3.84. The highest BCUT2D eigenvalue weighted by atomic mass is 79.9. The van der Waals surface area contributed by atoms with Crippen molar-refractivity contribution < 1.29 is 14.0 Å². The number of anilines is 2. The number of rotatable bonds is 4. The lowest BCUT2D eigenvalue weighted by Crippen LogP contribution is -2.28. The van der Waals surface area contributed by atoms with Gasteiger partial charge in [0, 0.05) is 11.5 Å². The van der Waals surface area contributed by atoms with Gasteiger partial charge in [-0.15, -0.1) is 11.3 Å². The molecule has 1 aromatic heterocycles. The van der Waals surface area contributed by atoms with Crippen LogP contribution in [0.1, 0.15) is 20.0 Å². The summed E-state index contributed by atoms with van der Waals surface area (Å²) in [5.74, 6) is -1.25. The maximum Gasteiger partial charge on any atom is 0.268 e. The number of para-hydroxylation sites is 1. The zero-order chi connectivity index (χ0) is 18.7. The summed E-state index contributed by atoms with van der Waals surface area (Å²) in [7, 11) is 1.61. The monoisotopic (exact) mass is 432 g/mol. The number of nitrogens with zero attached hydrogens (tertiary/aromatic N) is 1. The summed E-state index contributed by atoms with van der Waals surface area (Å²) in [6.45, 7) is 0. The molecule has 26 heavy (non-hydrogen) atoms. The number of nitrogens with one attached hydrogen (secondary N) is 1. The first-order valence-electron chi connectivity index (χ1n) is 7.64. The number of hydrogen-bond donors (Lipinski definition) is 1. The maximum absolute atomic E-state index is 14.0. The van der Waals surface area contributed by atoms with Crippen LogP contribution in [0.3, 0.4) is 0 Å². The van der Waals surface area contributed by atoms with Gasteiger partial charge in [0.1, 0.15) is 5.82 Å². The van der Waals surface area contributed by atoms with Crippen LogP contribution >= 0.6 is 27.3 Å². The van der Waals surface area contributed by atoms with Gasteiger partial charge < -0.3 is 10.2 Å². The summed E-state index contributed by atoms with van der Waals surface area (Å²) in [6.07, 6.45) is 0. The molecular weight excluding hydrogens is 419 g/mol. The fourth-order valence-electron chi connectivity index (χ4n) is 2.41. The molecule has 0 spiro atoms. The Morgan fingerprint density at radius 1 is 1.12 bits per heavy atom. The van der Waals surface area contributed by atoms with Gasteiger partial charge in [0.15, 0.2) is 0 Å². The predicted molar refractivity (Wildman–Crippen MR) is 106 cm³/mol. The van der Waals surface area contributed by atoms with Gasteiger partial charge in [0.25, 0.3) is 11.8 Å².